The molecular weight excluding hydrogens is 849 g/mol. The van der Waals surface area contributed by atoms with E-state index in [9.17, 15) is 0 Å². The van der Waals surface area contributed by atoms with Crippen LogP contribution in [0, 0.1) is 0 Å². The number of hydrogen-bond donors (Lipinski definition) is 0. The molecule has 0 aromatic heterocycles. The Hall–Kier alpha value is -8.60. The Kier molecular flexibility index (Phi) is 11.7. The van der Waals surface area contributed by atoms with Gasteiger partial charge in [0.15, 0.2) is 0 Å². The van der Waals surface area contributed by atoms with Crippen molar-refractivity contribution in [3.05, 3.63) is 278 Å². The molecule has 0 saturated heterocycles. The van der Waals surface area contributed by atoms with Gasteiger partial charge in [0.05, 0.1) is 0 Å². The number of nitrogens with zero attached hydrogens (tertiary/aromatic N) is 4. The lowest BCUT2D eigenvalue weighted by atomic mass is 10.0. The summed E-state index contributed by atoms with van der Waals surface area (Å²) in [5.74, 6) is 0. The Morgan fingerprint density at radius 2 is 0.671 bits per heavy atom. The number of rotatable bonds is 12. The van der Waals surface area contributed by atoms with Crippen molar-refractivity contribution in [3.63, 3.8) is 0 Å². The van der Waals surface area contributed by atoms with Crippen LogP contribution in [-0.2, 0) is 0 Å². The van der Waals surface area contributed by atoms with Gasteiger partial charge in [0.1, 0.15) is 0 Å². The largest absolute Gasteiger partial charge is 0.315 e. The number of para-hydroxylation sites is 1. The molecule has 338 valence electrons. The van der Waals surface area contributed by atoms with Crippen molar-refractivity contribution < 1.29 is 0 Å². The summed E-state index contributed by atoms with van der Waals surface area (Å²) in [6.45, 7) is 0. The Balaban J connectivity index is 0.951. The summed E-state index contributed by atoms with van der Waals surface area (Å²) in [6, 6.07) is 75.4. The third-order valence-electron chi connectivity index (χ3n) is 13.9. The fraction of sp³-hybridized carbons (Fsp3) is 0.0909. The van der Waals surface area contributed by atoms with Crippen molar-refractivity contribution >= 4 is 77.8 Å². The SMILES string of the molecule is C1=CCCC(N(c2ccc(N(C3=CC=C(N(C4=CCCC=C4)c4ccc5ccccc5c4)CC3)c3ccc(N(c4ccccc4)c4ccc5ccccc5c4)cc3)cc2)c2ccc3ccccc3c2)=C1. The second-order valence-electron chi connectivity index (χ2n) is 18.4. The Morgan fingerprint density at radius 1 is 0.271 bits per heavy atom. The molecule has 9 aromatic rings. The van der Waals surface area contributed by atoms with Gasteiger partial charge in [-0.2, -0.15) is 0 Å². The van der Waals surface area contributed by atoms with Crippen LogP contribution in [0.5, 0.6) is 0 Å². The van der Waals surface area contributed by atoms with Gasteiger partial charge < -0.3 is 19.6 Å². The number of hydrogen-bond acceptors (Lipinski definition) is 4. The van der Waals surface area contributed by atoms with Crippen molar-refractivity contribution in [3.8, 4) is 0 Å². The molecule has 12 rings (SSSR count). The molecule has 0 unspecified atom stereocenters. The smallest absolute Gasteiger partial charge is 0.0468 e. The molecule has 4 nitrogen and oxygen atoms in total. The standard InChI is InChI=1S/C66H54N4/c1-4-22-55(23-5-1)68(64-31-28-49-16-10-13-19-52(49)46-64)61-40-34-58(35-41-61)67(59-36-42-62(43-37-59)69(56-24-6-2-7-25-56)65-32-29-50-17-11-14-20-53(50)47-65)60-38-44-63(45-39-60)70(57-26-8-3-9-27-57)66-33-30-51-18-12-15-21-54(51)48-66/h1-2,4-6,8,10-24,26-38,40-44,46-48H,3,7,9,25,39,45H2. The van der Waals surface area contributed by atoms with Crippen LogP contribution in [0.2, 0.25) is 0 Å². The van der Waals surface area contributed by atoms with E-state index in [-0.39, 0.29) is 0 Å². The molecule has 0 amide bonds. The molecule has 0 spiro atoms. The highest BCUT2D eigenvalue weighted by atomic mass is 15.2. The molecule has 0 atom stereocenters. The molecule has 3 aliphatic carbocycles. The predicted octanol–water partition coefficient (Wildman–Crippen LogP) is 18.4. The van der Waals surface area contributed by atoms with Crippen LogP contribution in [0.3, 0.4) is 0 Å². The maximum Gasteiger partial charge on any atom is 0.0468 e. The first-order valence-electron chi connectivity index (χ1n) is 24.7. The number of allylic oxidation sites excluding steroid dienone is 11. The normalized spacial score (nSPS) is 14.5. The van der Waals surface area contributed by atoms with Crippen LogP contribution in [0.1, 0.15) is 38.5 Å². The lowest BCUT2D eigenvalue weighted by Gasteiger charge is -2.35. The van der Waals surface area contributed by atoms with Crippen molar-refractivity contribution in [2.45, 2.75) is 38.5 Å². The second kappa shape index (κ2) is 19.2. The minimum absolute atomic E-state index is 0.867. The van der Waals surface area contributed by atoms with E-state index < -0.39 is 0 Å². The van der Waals surface area contributed by atoms with Gasteiger partial charge in [-0.1, -0.05) is 133 Å². The van der Waals surface area contributed by atoms with E-state index in [0.717, 1.165) is 72.6 Å². The van der Waals surface area contributed by atoms with Gasteiger partial charge in [-0.15, -0.1) is 0 Å². The summed E-state index contributed by atoms with van der Waals surface area (Å²) >= 11 is 0. The van der Waals surface area contributed by atoms with Gasteiger partial charge in [-0.05, 0) is 192 Å². The van der Waals surface area contributed by atoms with Gasteiger partial charge in [-0.25, -0.2) is 0 Å². The van der Waals surface area contributed by atoms with E-state index in [0.29, 0.717) is 0 Å². The van der Waals surface area contributed by atoms with Crippen LogP contribution < -0.4 is 19.6 Å². The second-order valence-corrected chi connectivity index (χ2v) is 18.4. The first-order valence-corrected chi connectivity index (χ1v) is 24.7. The summed E-state index contributed by atoms with van der Waals surface area (Å²) in [5.41, 5.74) is 14.1. The molecule has 0 saturated carbocycles. The Bertz CT molecular complexity index is 3560. The van der Waals surface area contributed by atoms with Crippen molar-refractivity contribution in [2.75, 3.05) is 19.6 Å². The maximum atomic E-state index is 2.48. The molecule has 0 radical (unpaired) electrons. The molecule has 0 bridgehead atoms. The minimum atomic E-state index is 0.867. The number of anilines is 8. The van der Waals surface area contributed by atoms with Crippen LogP contribution in [0.25, 0.3) is 32.3 Å². The maximum absolute atomic E-state index is 2.48. The molecule has 9 aromatic carbocycles. The first kappa shape index (κ1) is 42.7. The van der Waals surface area contributed by atoms with E-state index in [2.05, 4.69) is 274 Å². The average molecular weight is 903 g/mol. The molecular formula is C66H54N4. The molecule has 4 heteroatoms. The summed E-state index contributed by atoms with van der Waals surface area (Å²) in [4.78, 5) is 9.74. The topological polar surface area (TPSA) is 13.0 Å². The summed E-state index contributed by atoms with van der Waals surface area (Å²) in [7, 11) is 0. The third kappa shape index (κ3) is 8.61. The van der Waals surface area contributed by atoms with E-state index in [1.165, 1.54) is 66.5 Å². The van der Waals surface area contributed by atoms with Crippen LogP contribution >= 0.6 is 0 Å². The molecule has 3 aliphatic rings. The van der Waals surface area contributed by atoms with Crippen LogP contribution in [0.15, 0.2) is 278 Å². The zero-order valence-electron chi connectivity index (χ0n) is 39.3. The number of benzene rings is 9. The highest BCUT2D eigenvalue weighted by Crippen LogP contribution is 2.43. The van der Waals surface area contributed by atoms with Gasteiger partial charge in [0.2, 0.25) is 0 Å². The summed E-state index contributed by atoms with van der Waals surface area (Å²) in [5, 5.41) is 7.43. The summed E-state index contributed by atoms with van der Waals surface area (Å²) < 4.78 is 0. The van der Waals surface area contributed by atoms with Crippen LogP contribution in [0.4, 0.5) is 45.5 Å². The van der Waals surface area contributed by atoms with E-state index in [1.54, 1.807) is 0 Å². The molecule has 0 N–H and O–H groups in total. The summed E-state index contributed by atoms with van der Waals surface area (Å²) in [6.07, 6.45) is 24.3. The van der Waals surface area contributed by atoms with Gasteiger partial charge in [-0.3, -0.25) is 0 Å². The zero-order chi connectivity index (χ0) is 46.6. The highest BCUT2D eigenvalue weighted by Gasteiger charge is 2.24. The minimum Gasteiger partial charge on any atom is -0.315 e. The molecule has 0 aliphatic heterocycles. The van der Waals surface area contributed by atoms with E-state index in [4.69, 9.17) is 0 Å². The predicted molar refractivity (Wildman–Crippen MR) is 298 cm³/mol. The fourth-order valence-corrected chi connectivity index (χ4v) is 10.4. The fourth-order valence-electron chi connectivity index (χ4n) is 10.4. The zero-order valence-corrected chi connectivity index (χ0v) is 39.3. The third-order valence-corrected chi connectivity index (χ3v) is 13.9. The lowest BCUT2D eigenvalue weighted by Crippen LogP contribution is -2.25. The highest BCUT2D eigenvalue weighted by molar-refractivity contribution is 5.91. The quantitative estimate of drug-likeness (QED) is 0.121. The van der Waals surface area contributed by atoms with Crippen LogP contribution in [-0.4, -0.2) is 0 Å². The monoisotopic (exact) mass is 902 g/mol. The van der Waals surface area contributed by atoms with E-state index in [1.807, 2.05) is 0 Å². The van der Waals surface area contributed by atoms with Crippen molar-refractivity contribution in [1.29, 1.82) is 0 Å². The molecule has 0 heterocycles. The average Bonchev–Trinajstić information content (AvgIpc) is 3.43. The lowest BCUT2D eigenvalue weighted by molar-refractivity contribution is 0.836. The van der Waals surface area contributed by atoms with Gasteiger partial charge in [0, 0.05) is 68.3 Å². The number of fused-ring (bicyclic) bond motifs is 3. The first-order chi connectivity index (χ1) is 34.7. The Labute approximate surface area is 411 Å². The Morgan fingerprint density at radius 3 is 1.14 bits per heavy atom. The van der Waals surface area contributed by atoms with Gasteiger partial charge >= 0.3 is 0 Å². The van der Waals surface area contributed by atoms with Crippen molar-refractivity contribution in [2.24, 2.45) is 0 Å². The van der Waals surface area contributed by atoms with Gasteiger partial charge in [0.25, 0.3) is 0 Å². The van der Waals surface area contributed by atoms with Crippen molar-refractivity contribution in [1.82, 2.24) is 0 Å². The molecule has 70 heavy (non-hydrogen) atoms. The van der Waals surface area contributed by atoms with E-state index >= 15 is 0 Å². The molecule has 0 fully saturated rings.